The molecule has 9 heteroatoms. The second-order valence-electron chi connectivity index (χ2n) is 2.57. The summed E-state index contributed by atoms with van der Waals surface area (Å²) in [6, 6.07) is 0. The molecule has 1 atom stereocenters. The zero-order valence-corrected chi connectivity index (χ0v) is 7.67. The number of hydrogen-bond donors (Lipinski definition) is 5. The molecule has 0 fully saturated rings. The van der Waals surface area contributed by atoms with Crippen molar-refractivity contribution in [1.29, 1.82) is 0 Å². The van der Waals surface area contributed by atoms with E-state index in [4.69, 9.17) is 10.2 Å². The van der Waals surface area contributed by atoms with Crippen molar-refractivity contribution in [3.63, 3.8) is 0 Å². The first kappa shape index (κ1) is 15.7. The predicted octanol–water partition coefficient (Wildman–Crippen LogP) is -1.75. The zero-order chi connectivity index (χ0) is 11.4. The van der Waals surface area contributed by atoms with Crippen LogP contribution in [0.15, 0.2) is 0 Å². The van der Waals surface area contributed by atoms with Gasteiger partial charge in [0.05, 0.1) is 12.8 Å². The van der Waals surface area contributed by atoms with E-state index in [1.165, 1.54) is 0 Å². The van der Waals surface area contributed by atoms with Gasteiger partial charge in [0.25, 0.3) is 0 Å². The molecule has 0 heterocycles. The van der Waals surface area contributed by atoms with Crippen LogP contribution < -0.4 is 12.0 Å². The van der Waals surface area contributed by atoms with Crippen molar-refractivity contribution in [3.8, 4) is 0 Å². The number of carboxylic acid groups (broad SMARTS) is 2. The summed E-state index contributed by atoms with van der Waals surface area (Å²) in [5.74, 6) is -0.187. The van der Waals surface area contributed by atoms with Gasteiger partial charge in [-0.05, 0) is 0 Å². The third-order valence-electron chi connectivity index (χ3n) is 1.41. The van der Waals surface area contributed by atoms with E-state index in [2.05, 4.69) is 10.7 Å². The molecule has 1 unspecified atom stereocenters. The minimum absolute atomic E-state index is 0. The summed E-state index contributed by atoms with van der Waals surface area (Å²) in [4.78, 5) is 34.8. The Morgan fingerprint density at radius 2 is 1.67 bits per heavy atom. The SMILES string of the molecule is N.NOC(=O)CC(O)(CC(=O)O)C(=O)O. The summed E-state index contributed by atoms with van der Waals surface area (Å²) < 4.78 is 0. The number of aliphatic hydroxyl groups is 1. The van der Waals surface area contributed by atoms with Crippen molar-refractivity contribution in [2.45, 2.75) is 18.4 Å². The van der Waals surface area contributed by atoms with E-state index in [0.29, 0.717) is 0 Å². The van der Waals surface area contributed by atoms with E-state index in [1.807, 2.05) is 0 Å². The van der Waals surface area contributed by atoms with Gasteiger partial charge in [-0.3, -0.25) is 9.59 Å². The van der Waals surface area contributed by atoms with Crippen LogP contribution in [0.3, 0.4) is 0 Å². The number of carbonyl (C=O) groups excluding carboxylic acids is 1. The van der Waals surface area contributed by atoms with Crippen molar-refractivity contribution in [2.75, 3.05) is 0 Å². The van der Waals surface area contributed by atoms with Gasteiger partial charge in [0.15, 0.2) is 5.60 Å². The van der Waals surface area contributed by atoms with Crippen LogP contribution in [0.1, 0.15) is 12.8 Å². The van der Waals surface area contributed by atoms with Crippen molar-refractivity contribution in [1.82, 2.24) is 6.15 Å². The molecular weight excluding hydrogens is 212 g/mol. The third-order valence-corrected chi connectivity index (χ3v) is 1.41. The van der Waals surface area contributed by atoms with Crippen molar-refractivity contribution >= 4 is 17.9 Å². The maximum Gasteiger partial charge on any atom is 0.336 e. The average molecular weight is 224 g/mol. The predicted molar refractivity (Wildman–Crippen MR) is 44.8 cm³/mol. The zero-order valence-electron chi connectivity index (χ0n) is 7.67. The smallest absolute Gasteiger partial charge is 0.336 e. The van der Waals surface area contributed by atoms with Crippen LogP contribution >= 0.6 is 0 Å². The van der Waals surface area contributed by atoms with Gasteiger partial charge in [0.1, 0.15) is 0 Å². The first-order valence-corrected chi connectivity index (χ1v) is 3.39. The summed E-state index contributed by atoms with van der Waals surface area (Å²) in [5, 5.41) is 26.0. The van der Waals surface area contributed by atoms with E-state index < -0.39 is 36.4 Å². The van der Waals surface area contributed by atoms with E-state index in [1.54, 1.807) is 0 Å². The lowest BCUT2D eigenvalue weighted by Gasteiger charge is -2.19. The van der Waals surface area contributed by atoms with E-state index >= 15 is 0 Å². The molecule has 0 aliphatic carbocycles. The van der Waals surface area contributed by atoms with Crippen LogP contribution in [0.25, 0.3) is 0 Å². The van der Waals surface area contributed by atoms with E-state index in [-0.39, 0.29) is 6.15 Å². The number of aliphatic carboxylic acids is 2. The van der Waals surface area contributed by atoms with Crippen LogP contribution in [0, 0.1) is 0 Å². The maximum absolute atomic E-state index is 10.5. The van der Waals surface area contributed by atoms with Crippen LogP contribution in [0.2, 0.25) is 0 Å². The van der Waals surface area contributed by atoms with E-state index in [9.17, 15) is 19.5 Å². The molecule has 0 amide bonds. The highest BCUT2D eigenvalue weighted by Gasteiger charge is 2.41. The van der Waals surface area contributed by atoms with Crippen LogP contribution in [-0.4, -0.2) is 38.8 Å². The number of carbonyl (C=O) groups is 3. The van der Waals surface area contributed by atoms with Gasteiger partial charge in [-0.2, -0.15) is 5.90 Å². The number of rotatable bonds is 5. The molecule has 0 aromatic rings. The second kappa shape index (κ2) is 5.90. The fourth-order valence-electron chi connectivity index (χ4n) is 0.744. The molecule has 0 aromatic heterocycles. The molecule has 0 saturated carbocycles. The van der Waals surface area contributed by atoms with Crippen LogP contribution in [0.4, 0.5) is 0 Å². The second-order valence-corrected chi connectivity index (χ2v) is 2.57. The molecule has 8 N–H and O–H groups in total. The quantitative estimate of drug-likeness (QED) is 0.338. The van der Waals surface area contributed by atoms with Crippen molar-refractivity contribution < 1.29 is 34.5 Å². The molecule has 0 aliphatic heterocycles. The summed E-state index contributed by atoms with van der Waals surface area (Å²) in [6.45, 7) is 0. The topological polar surface area (TPSA) is 182 Å². The van der Waals surface area contributed by atoms with Crippen molar-refractivity contribution in [3.05, 3.63) is 0 Å². The fourth-order valence-corrected chi connectivity index (χ4v) is 0.744. The number of hydrogen-bond acceptors (Lipinski definition) is 7. The highest BCUT2D eigenvalue weighted by molar-refractivity contribution is 5.88. The maximum atomic E-state index is 10.5. The molecule has 0 saturated heterocycles. The minimum Gasteiger partial charge on any atom is -0.481 e. The Kier molecular flexibility index (Phi) is 6.20. The van der Waals surface area contributed by atoms with Gasteiger partial charge in [0.2, 0.25) is 0 Å². The largest absolute Gasteiger partial charge is 0.481 e. The summed E-state index contributed by atoms with van der Waals surface area (Å²) in [7, 11) is 0. The van der Waals surface area contributed by atoms with Gasteiger partial charge in [-0.25, -0.2) is 4.79 Å². The molecule has 0 aromatic carbocycles. The molecule has 0 rings (SSSR count). The first-order valence-electron chi connectivity index (χ1n) is 3.39. The van der Waals surface area contributed by atoms with Gasteiger partial charge in [-0.1, -0.05) is 0 Å². The van der Waals surface area contributed by atoms with Gasteiger partial charge >= 0.3 is 17.9 Å². The molecule has 0 spiro atoms. The molecule has 15 heavy (non-hydrogen) atoms. The standard InChI is InChI=1S/C6H9NO7.H3N/c7-14-4(10)2-6(13,5(11)12)1-3(8)9;/h13H,1-2,7H2,(H,8,9)(H,11,12);1H3. The fraction of sp³-hybridized carbons (Fsp3) is 0.500. The van der Waals surface area contributed by atoms with Gasteiger partial charge in [-0.15, -0.1) is 0 Å². The molecule has 88 valence electrons. The molecule has 0 aliphatic rings. The number of nitrogens with two attached hydrogens (primary N) is 1. The summed E-state index contributed by atoms with van der Waals surface area (Å²) in [6.07, 6.45) is -2.14. The number of carboxylic acids is 2. The lowest BCUT2D eigenvalue weighted by Crippen LogP contribution is -2.43. The summed E-state index contributed by atoms with van der Waals surface area (Å²) >= 11 is 0. The molecular formula is C6H12N2O7. The van der Waals surface area contributed by atoms with Crippen LogP contribution in [0.5, 0.6) is 0 Å². The Balaban J connectivity index is 0. The third kappa shape index (κ3) is 4.90. The lowest BCUT2D eigenvalue weighted by atomic mass is 9.96. The minimum atomic E-state index is -2.69. The Bertz CT molecular complexity index is 266. The van der Waals surface area contributed by atoms with Crippen molar-refractivity contribution in [2.24, 2.45) is 5.90 Å². The average Bonchev–Trinajstić information content (AvgIpc) is 2.02. The highest BCUT2D eigenvalue weighted by atomic mass is 16.7. The van der Waals surface area contributed by atoms with E-state index in [0.717, 1.165) is 0 Å². The Hall–Kier alpha value is -1.71. The molecule has 0 radical (unpaired) electrons. The first-order chi connectivity index (χ1) is 6.31. The monoisotopic (exact) mass is 224 g/mol. The molecule has 0 bridgehead atoms. The highest BCUT2D eigenvalue weighted by Crippen LogP contribution is 2.16. The normalized spacial score (nSPS) is 13.2. The Morgan fingerprint density at radius 3 is 1.93 bits per heavy atom. The Labute approximate surface area is 84.0 Å². The molecule has 9 nitrogen and oxygen atoms in total. The Morgan fingerprint density at radius 1 is 1.20 bits per heavy atom. The van der Waals surface area contributed by atoms with Crippen LogP contribution in [-0.2, 0) is 19.2 Å². The van der Waals surface area contributed by atoms with Gasteiger partial charge < -0.3 is 26.3 Å². The lowest BCUT2D eigenvalue weighted by molar-refractivity contribution is -0.172. The van der Waals surface area contributed by atoms with Gasteiger partial charge in [0, 0.05) is 0 Å². The summed E-state index contributed by atoms with van der Waals surface area (Å²) in [5.41, 5.74) is -2.69.